The van der Waals surface area contributed by atoms with Gasteiger partial charge >= 0.3 is 0 Å². The number of hydrogen-bond donors (Lipinski definition) is 0. The molecule has 0 spiro atoms. The standard InChI is InChI=1S/C22H20O2/c1-23-21(17-11-5-3-6-12-17)19-15-9-10-16-20(19)22(24-2)18-13-7-4-8-14-18/h3-16H,1-2H3/b21-19-,22-20-. The van der Waals surface area contributed by atoms with Crippen molar-refractivity contribution in [3.8, 4) is 0 Å². The molecule has 2 nitrogen and oxygen atoms in total. The Labute approximate surface area is 142 Å². The lowest BCUT2D eigenvalue weighted by atomic mass is 10.1. The minimum Gasteiger partial charge on any atom is -0.495 e. The monoisotopic (exact) mass is 316 g/mol. The van der Waals surface area contributed by atoms with Crippen LogP contribution in [-0.2, 0) is 9.47 Å². The normalized spacial score (nSPS) is 13.1. The van der Waals surface area contributed by atoms with Crippen LogP contribution in [0.25, 0.3) is 11.5 Å². The van der Waals surface area contributed by atoms with E-state index in [1.54, 1.807) is 14.2 Å². The van der Waals surface area contributed by atoms with Crippen molar-refractivity contribution >= 4 is 11.5 Å². The van der Waals surface area contributed by atoms with E-state index in [4.69, 9.17) is 9.47 Å². The first-order chi connectivity index (χ1) is 11.8. The average molecular weight is 316 g/mol. The third-order valence-corrected chi connectivity index (χ3v) is 3.90. The van der Waals surface area contributed by atoms with Crippen LogP contribution in [0.4, 0.5) is 0 Å². The van der Waals surface area contributed by atoms with Crippen molar-refractivity contribution in [2.45, 2.75) is 0 Å². The Balaban J connectivity index is 2.40. The molecule has 0 aliphatic rings. The molecule has 0 aromatic heterocycles. The van der Waals surface area contributed by atoms with Crippen LogP contribution in [0.2, 0.25) is 0 Å². The highest BCUT2D eigenvalue weighted by Gasteiger charge is 2.07. The maximum Gasteiger partial charge on any atom is 0.134 e. The highest BCUT2D eigenvalue weighted by molar-refractivity contribution is 5.64. The Morgan fingerprint density at radius 2 is 0.833 bits per heavy atom. The first kappa shape index (κ1) is 15.9. The third-order valence-electron chi connectivity index (χ3n) is 3.90. The van der Waals surface area contributed by atoms with E-state index in [0.29, 0.717) is 0 Å². The SMILES string of the molecule is CO/C(c1ccccc1)=c1/cccc/c1=C(/OC)c1ccccc1. The highest BCUT2D eigenvalue weighted by atomic mass is 16.5. The number of methoxy groups -OCH3 is 2. The van der Waals surface area contributed by atoms with E-state index in [9.17, 15) is 0 Å². The van der Waals surface area contributed by atoms with Gasteiger partial charge in [0.25, 0.3) is 0 Å². The lowest BCUT2D eigenvalue weighted by Gasteiger charge is -2.10. The summed E-state index contributed by atoms with van der Waals surface area (Å²) < 4.78 is 11.5. The Bertz CT molecular complexity index is 834. The summed E-state index contributed by atoms with van der Waals surface area (Å²) in [6.45, 7) is 0. The minimum absolute atomic E-state index is 0.830. The predicted octanol–water partition coefficient (Wildman–Crippen LogP) is 3.29. The molecule has 120 valence electrons. The van der Waals surface area contributed by atoms with Crippen molar-refractivity contribution in [2.24, 2.45) is 0 Å². The summed E-state index contributed by atoms with van der Waals surface area (Å²) in [4.78, 5) is 0. The second-order valence-electron chi connectivity index (χ2n) is 5.34. The summed E-state index contributed by atoms with van der Waals surface area (Å²) in [6, 6.07) is 28.4. The molecule has 0 heterocycles. The summed E-state index contributed by atoms with van der Waals surface area (Å²) in [6.07, 6.45) is 0. The Morgan fingerprint density at radius 3 is 1.17 bits per heavy atom. The van der Waals surface area contributed by atoms with Gasteiger partial charge in [0.15, 0.2) is 0 Å². The number of benzene rings is 3. The molecule has 0 aliphatic heterocycles. The lowest BCUT2D eigenvalue weighted by molar-refractivity contribution is 0.362. The third kappa shape index (κ3) is 3.18. The Kier molecular flexibility index (Phi) is 4.97. The molecule has 0 radical (unpaired) electrons. The second-order valence-corrected chi connectivity index (χ2v) is 5.34. The molecule has 0 N–H and O–H groups in total. The largest absolute Gasteiger partial charge is 0.495 e. The number of hydrogen-bond acceptors (Lipinski definition) is 2. The van der Waals surface area contributed by atoms with E-state index < -0.39 is 0 Å². The zero-order valence-corrected chi connectivity index (χ0v) is 13.9. The van der Waals surface area contributed by atoms with Crippen LogP contribution in [0.5, 0.6) is 0 Å². The minimum atomic E-state index is 0.830. The maximum atomic E-state index is 5.74. The molecule has 3 aromatic rings. The van der Waals surface area contributed by atoms with E-state index in [1.165, 1.54) is 0 Å². The molecule has 0 atom stereocenters. The average Bonchev–Trinajstić information content (AvgIpc) is 2.66. The Morgan fingerprint density at radius 1 is 0.500 bits per heavy atom. The van der Waals surface area contributed by atoms with Gasteiger partial charge in [0.05, 0.1) is 14.2 Å². The second kappa shape index (κ2) is 7.51. The van der Waals surface area contributed by atoms with Crippen LogP contribution in [-0.4, -0.2) is 14.2 Å². The van der Waals surface area contributed by atoms with Crippen LogP contribution in [0, 0.1) is 0 Å². The fourth-order valence-corrected chi connectivity index (χ4v) is 2.82. The molecule has 2 heteroatoms. The van der Waals surface area contributed by atoms with Gasteiger partial charge in [0.2, 0.25) is 0 Å². The quantitative estimate of drug-likeness (QED) is 0.735. The van der Waals surface area contributed by atoms with Gasteiger partial charge in [0, 0.05) is 21.6 Å². The molecular weight excluding hydrogens is 296 g/mol. The molecule has 0 bridgehead atoms. The van der Waals surface area contributed by atoms with E-state index in [0.717, 1.165) is 33.1 Å². The fourth-order valence-electron chi connectivity index (χ4n) is 2.82. The van der Waals surface area contributed by atoms with Crippen LogP contribution >= 0.6 is 0 Å². The molecule has 24 heavy (non-hydrogen) atoms. The maximum absolute atomic E-state index is 5.74. The Hall–Kier alpha value is -3.00. The van der Waals surface area contributed by atoms with Gasteiger partial charge in [0.1, 0.15) is 11.5 Å². The van der Waals surface area contributed by atoms with E-state index in [2.05, 4.69) is 12.1 Å². The van der Waals surface area contributed by atoms with Gasteiger partial charge in [-0.15, -0.1) is 0 Å². The van der Waals surface area contributed by atoms with Crippen molar-refractivity contribution < 1.29 is 9.47 Å². The van der Waals surface area contributed by atoms with Crippen molar-refractivity contribution in [1.29, 1.82) is 0 Å². The molecule has 3 rings (SSSR count). The lowest BCUT2D eigenvalue weighted by Crippen LogP contribution is -2.30. The molecule has 3 aromatic carbocycles. The first-order valence-corrected chi connectivity index (χ1v) is 7.87. The highest BCUT2D eigenvalue weighted by Crippen LogP contribution is 2.12. The van der Waals surface area contributed by atoms with Gasteiger partial charge in [-0.25, -0.2) is 0 Å². The molecular formula is C22H20O2. The van der Waals surface area contributed by atoms with Crippen LogP contribution in [0.3, 0.4) is 0 Å². The summed E-state index contributed by atoms with van der Waals surface area (Å²) in [5, 5.41) is 2.01. The van der Waals surface area contributed by atoms with Gasteiger partial charge < -0.3 is 9.47 Å². The molecule has 0 fully saturated rings. The summed E-state index contributed by atoms with van der Waals surface area (Å²) >= 11 is 0. The van der Waals surface area contributed by atoms with Gasteiger partial charge in [-0.1, -0.05) is 84.9 Å². The summed E-state index contributed by atoms with van der Waals surface area (Å²) in [5.74, 6) is 1.66. The van der Waals surface area contributed by atoms with E-state index in [1.807, 2.05) is 72.8 Å². The molecule has 0 unspecified atom stereocenters. The van der Waals surface area contributed by atoms with Crippen LogP contribution < -0.4 is 10.4 Å². The fraction of sp³-hybridized carbons (Fsp3) is 0.0909. The zero-order valence-electron chi connectivity index (χ0n) is 13.9. The van der Waals surface area contributed by atoms with Crippen molar-refractivity contribution in [1.82, 2.24) is 0 Å². The zero-order chi connectivity index (χ0) is 16.8. The molecule has 0 aliphatic carbocycles. The van der Waals surface area contributed by atoms with Crippen molar-refractivity contribution in [3.63, 3.8) is 0 Å². The molecule has 0 amide bonds. The first-order valence-electron chi connectivity index (χ1n) is 7.87. The summed E-state index contributed by atoms with van der Waals surface area (Å²) in [5.41, 5.74) is 2.08. The van der Waals surface area contributed by atoms with Crippen LogP contribution in [0.15, 0.2) is 84.9 Å². The van der Waals surface area contributed by atoms with E-state index >= 15 is 0 Å². The van der Waals surface area contributed by atoms with Crippen molar-refractivity contribution in [3.05, 3.63) is 106 Å². The smallest absolute Gasteiger partial charge is 0.134 e. The van der Waals surface area contributed by atoms with Gasteiger partial charge in [-0.2, -0.15) is 0 Å². The topological polar surface area (TPSA) is 18.5 Å². The molecule has 0 saturated heterocycles. The summed E-state index contributed by atoms with van der Waals surface area (Å²) in [7, 11) is 3.40. The predicted molar refractivity (Wildman–Crippen MR) is 97.6 cm³/mol. The van der Waals surface area contributed by atoms with Crippen molar-refractivity contribution in [2.75, 3.05) is 14.2 Å². The van der Waals surface area contributed by atoms with E-state index in [-0.39, 0.29) is 0 Å². The van der Waals surface area contributed by atoms with Gasteiger partial charge in [-0.3, -0.25) is 0 Å². The van der Waals surface area contributed by atoms with Gasteiger partial charge in [-0.05, 0) is 0 Å². The van der Waals surface area contributed by atoms with Crippen LogP contribution in [0.1, 0.15) is 11.1 Å². The number of ether oxygens (including phenoxy) is 2. The number of rotatable bonds is 4. The molecule has 0 saturated carbocycles.